The zero-order valence-electron chi connectivity index (χ0n) is 58.5. The van der Waals surface area contributed by atoms with Crippen LogP contribution < -0.4 is 47.9 Å². The van der Waals surface area contributed by atoms with Gasteiger partial charge < -0.3 is 57.5 Å². The highest BCUT2D eigenvalue weighted by Crippen LogP contribution is 2.37. The molecule has 0 aromatic heterocycles. The van der Waals surface area contributed by atoms with E-state index in [4.69, 9.17) is 4.74 Å². The molecule has 7 atom stereocenters. The van der Waals surface area contributed by atoms with E-state index < -0.39 is 0 Å². The Morgan fingerprint density at radius 3 is 1.06 bits per heavy atom. The molecule has 2 spiro atoms. The summed E-state index contributed by atoms with van der Waals surface area (Å²) in [7, 11) is 0. The molecule has 6 saturated carbocycles. The number of nitrogens with zero attached hydrogens (tertiary/aromatic N) is 1. The lowest BCUT2D eigenvalue weighted by Crippen LogP contribution is -2.44. The van der Waals surface area contributed by atoms with Crippen LogP contribution in [0.4, 0.5) is 0 Å². The molecule has 524 valence electrons. The summed E-state index contributed by atoms with van der Waals surface area (Å²) in [5.41, 5.74) is 1.28. The Kier molecular flexibility index (Phi) is 44.3. The molecule has 12 heterocycles. The van der Waals surface area contributed by atoms with Gasteiger partial charge in [0.25, 0.3) is 0 Å². The molecule has 0 radical (unpaired) electrons. The molecule has 0 aromatic carbocycles. The van der Waals surface area contributed by atoms with Crippen molar-refractivity contribution in [1.29, 1.82) is 0 Å². The molecule has 0 amide bonds. The molecule has 7 unspecified atom stereocenters. The molecule has 18 rings (SSSR count). The predicted molar refractivity (Wildman–Crippen MR) is 387 cm³/mol. The minimum atomic E-state index is 0. The van der Waals surface area contributed by atoms with Gasteiger partial charge in [-0.2, -0.15) is 0 Å². The Morgan fingerprint density at radius 1 is 0.303 bits per heavy atom. The van der Waals surface area contributed by atoms with Crippen LogP contribution in [0.1, 0.15) is 348 Å². The fourth-order valence-electron chi connectivity index (χ4n) is 18.0. The second-order valence-electron chi connectivity index (χ2n) is 31.0. The van der Waals surface area contributed by atoms with E-state index >= 15 is 0 Å². The van der Waals surface area contributed by atoms with E-state index in [9.17, 15) is 0 Å². The van der Waals surface area contributed by atoms with Crippen LogP contribution in [0.2, 0.25) is 0 Å². The lowest BCUT2D eigenvalue weighted by Gasteiger charge is -2.28. The summed E-state index contributed by atoms with van der Waals surface area (Å²) in [5.74, 6) is 1.06. The summed E-state index contributed by atoms with van der Waals surface area (Å²) in [4.78, 5) is 2.67. The fourth-order valence-corrected chi connectivity index (χ4v) is 18.0. The van der Waals surface area contributed by atoms with Gasteiger partial charge in [0.1, 0.15) is 0 Å². The molecular formula is C78H156N10O. The highest BCUT2D eigenvalue weighted by molar-refractivity contribution is 4.97. The van der Waals surface area contributed by atoms with Crippen LogP contribution in [0.15, 0.2) is 0 Å². The van der Waals surface area contributed by atoms with E-state index in [0.29, 0.717) is 23.2 Å². The van der Waals surface area contributed by atoms with Crippen LogP contribution in [-0.2, 0) is 4.74 Å². The van der Waals surface area contributed by atoms with Crippen molar-refractivity contribution in [3.05, 3.63) is 0 Å². The standard InChI is InChI=1S/3C8H15N.C7H13NO.C7H13N.C7H14.C6H11N.C6H13N.3C5H11N.C5H10.CH4/c1-2-6-9-7-3-5-8(9)4-1;2*1-2-5-8(4-1)6-3-7-9-8;1-2-6-7(3-1)9-5-4-8-6;1-2-6-4-5-7(3-1)8-6;1-2-4-6-7-5-3-1;1-2-6-3-5(1)4-7-6;1-2-4-6-7-5-3-1;3*1-2-4-6-5-3-1;1-2-4-5-3-1;/h8H,1-7H2;2*9H,1-7H2;6-8H,1-5H2;6-8H,1-5H2;1-7H2;5-7H,1-4H2;7H,1-6H2;3*6H,1-5H2;1-5H2;1H4. The SMILES string of the molecule is C.C1CC2CC1CN2.C1CC2CCC(C1)N2.C1CC2NCCOC2C1.C1CCC2(C1)CCCN2.C1CCC2(C1)CCCN2.C1CCCC1.C1CCCCCC1.C1CCCNCC1.C1CCN2CCCC2C1.C1CCNCC1.C1CCNCC1.C1CCNCC1. The third kappa shape index (κ3) is 34.9. The lowest BCUT2D eigenvalue weighted by molar-refractivity contribution is 0.0113. The average Bonchev–Trinajstić information content (AvgIpc) is 3.88. The van der Waals surface area contributed by atoms with Crippen LogP contribution in [0, 0.1) is 5.92 Å². The van der Waals surface area contributed by atoms with Crippen LogP contribution in [0.3, 0.4) is 0 Å². The first-order valence-electron chi connectivity index (χ1n) is 40.6. The van der Waals surface area contributed by atoms with E-state index in [-0.39, 0.29) is 7.43 Å². The zero-order valence-corrected chi connectivity index (χ0v) is 58.5. The number of morpholine rings is 1. The number of hydrogen-bond acceptors (Lipinski definition) is 11. The minimum Gasteiger partial charge on any atom is -0.375 e. The van der Waals surface area contributed by atoms with Crippen molar-refractivity contribution < 1.29 is 4.74 Å². The average molecular weight is 1250 g/mol. The monoisotopic (exact) mass is 1250 g/mol. The maximum atomic E-state index is 5.54. The third-order valence-corrected chi connectivity index (χ3v) is 23.6. The Hall–Kier alpha value is -0.440. The zero-order chi connectivity index (χ0) is 60.8. The third-order valence-electron chi connectivity index (χ3n) is 23.6. The Balaban J connectivity index is 0.000000155. The van der Waals surface area contributed by atoms with Gasteiger partial charge in [0, 0.05) is 47.8 Å². The van der Waals surface area contributed by atoms with Crippen LogP contribution in [0.25, 0.3) is 0 Å². The topological polar surface area (TPSA) is 121 Å². The van der Waals surface area contributed by atoms with Crippen LogP contribution in [-0.4, -0.2) is 151 Å². The number of ether oxygens (including phenoxy) is 1. The van der Waals surface area contributed by atoms with Crippen molar-refractivity contribution in [3.63, 3.8) is 0 Å². The highest BCUT2D eigenvalue weighted by Gasteiger charge is 2.37. The second-order valence-corrected chi connectivity index (χ2v) is 31.0. The second kappa shape index (κ2) is 50.9. The van der Waals surface area contributed by atoms with E-state index in [2.05, 4.69) is 52.8 Å². The van der Waals surface area contributed by atoms with Crippen LogP contribution in [0.5, 0.6) is 0 Å². The maximum absolute atomic E-state index is 5.54. The molecule has 18 fully saturated rings. The van der Waals surface area contributed by atoms with E-state index in [1.807, 2.05) is 0 Å². The molecule has 6 aliphatic carbocycles. The van der Waals surface area contributed by atoms with Crippen molar-refractivity contribution in [2.75, 3.05) is 98.2 Å². The molecule has 0 aromatic rings. The minimum absolute atomic E-state index is 0. The molecule has 18 aliphatic rings. The molecule has 12 aliphatic heterocycles. The molecule has 9 N–H and O–H groups in total. The number of piperidine rings is 6. The fraction of sp³-hybridized carbons (Fsp3) is 1.00. The smallest absolute Gasteiger partial charge is 0.0728 e. The first-order valence-corrected chi connectivity index (χ1v) is 40.6. The van der Waals surface area contributed by atoms with Crippen molar-refractivity contribution in [3.8, 4) is 0 Å². The van der Waals surface area contributed by atoms with Gasteiger partial charge in [0.2, 0.25) is 0 Å². The van der Waals surface area contributed by atoms with E-state index in [0.717, 1.165) is 43.2 Å². The number of hydrogen-bond donors (Lipinski definition) is 9. The van der Waals surface area contributed by atoms with Gasteiger partial charge in [-0.05, 0) is 284 Å². The first-order chi connectivity index (χ1) is 43.7. The van der Waals surface area contributed by atoms with Crippen molar-refractivity contribution in [2.24, 2.45) is 5.92 Å². The van der Waals surface area contributed by atoms with Gasteiger partial charge in [-0.3, -0.25) is 0 Å². The predicted octanol–water partition coefficient (Wildman–Crippen LogP) is 16.3. The van der Waals surface area contributed by atoms with E-state index in [1.165, 1.54) is 425 Å². The number of nitrogens with one attached hydrogen (secondary N) is 9. The van der Waals surface area contributed by atoms with Gasteiger partial charge in [-0.15, -0.1) is 0 Å². The molecule has 4 bridgehead atoms. The quantitative estimate of drug-likeness (QED) is 0.108. The van der Waals surface area contributed by atoms with E-state index in [1.54, 1.807) is 0 Å². The summed E-state index contributed by atoms with van der Waals surface area (Å²) in [6.45, 7) is 18.6. The van der Waals surface area contributed by atoms with Crippen molar-refractivity contribution in [2.45, 2.75) is 395 Å². The Labute approximate surface area is 554 Å². The lowest BCUT2D eigenvalue weighted by atomic mass is 9.96. The number of fused-ring (bicyclic) bond motifs is 6. The largest absolute Gasteiger partial charge is 0.375 e. The molecule has 11 nitrogen and oxygen atoms in total. The maximum Gasteiger partial charge on any atom is 0.0728 e. The summed E-state index contributed by atoms with van der Waals surface area (Å²) in [5, 5.41) is 31.0. The van der Waals surface area contributed by atoms with Crippen molar-refractivity contribution in [1.82, 2.24) is 52.8 Å². The van der Waals surface area contributed by atoms with Crippen molar-refractivity contribution >= 4 is 0 Å². The first kappa shape index (κ1) is 77.6. The molecule has 11 heteroatoms. The normalized spacial score (nSPS) is 32.3. The Bertz CT molecular complexity index is 1300. The van der Waals surface area contributed by atoms with Crippen LogP contribution >= 0.6 is 0 Å². The molecule has 12 saturated heterocycles. The molecule has 89 heavy (non-hydrogen) atoms. The van der Waals surface area contributed by atoms with Gasteiger partial charge in [-0.25, -0.2) is 0 Å². The van der Waals surface area contributed by atoms with Gasteiger partial charge in [0.05, 0.1) is 12.7 Å². The summed E-state index contributed by atoms with van der Waals surface area (Å²) in [6, 6.07) is 4.44. The number of rotatable bonds is 0. The summed E-state index contributed by atoms with van der Waals surface area (Å²) >= 11 is 0. The van der Waals surface area contributed by atoms with Gasteiger partial charge >= 0.3 is 0 Å². The molecular weight excluding hydrogens is 1090 g/mol. The summed E-state index contributed by atoms with van der Waals surface area (Å²) < 4.78 is 5.54. The highest BCUT2D eigenvalue weighted by atomic mass is 16.5. The van der Waals surface area contributed by atoms with Gasteiger partial charge in [-0.1, -0.05) is 155 Å². The van der Waals surface area contributed by atoms with Gasteiger partial charge in [0.15, 0.2) is 0 Å². The summed E-state index contributed by atoms with van der Waals surface area (Å²) in [6.07, 6.45) is 77.3. The Morgan fingerprint density at radius 2 is 0.708 bits per heavy atom.